The lowest BCUT2D eigenvalue weighted by molar-refractivity contribution is -0.325. The van der Waals surface area contributed by atoms with E-state index in [-0.39, 0.29) is 6.61 Å². The van der Waals surface area contributed by atoms with Crippen LogP contribution < -0.4 is 0 Å². The maximum Gasteiger partial charge on any atom is 0.522 e. The zero-order valence-corrected chi connectivity index (χ0v) is 9.86. The van der Waals surface area contributed by atoms with Crippen molar-refractivity contribution in [1.29, 1.82) is 0 Å². The molecule has 0 bridgehead atoms. The molecule has 16 heavy (non-hydrogen) atoms. The maximum absolute atomic E-state index is 11.7. The van der Waals surface area contributed by atoms with E-state index in [0.717, 1.165) is 32.4 Å². The van der Waals surface area contributed by atoms with Crippen molar-refractivity contribution in [1.82, 2.24) is 4.90 Å². The molecule has 1 heterocycles. The quantitative estimate of drug-likeness (QED) is 0.704. The van der Waals surface area contributed by atoms with E-state index in [1.54, 1.807) is 0 Å². The summed E-state index contributed by atoms with van der Waals surface area (Å²) in [5.41, 5.74) is 0. The standard InChI is InChI=1S/C10H17ClF3NO/c11-4-3-9-2-1-5-15(8-9)6-7-16-10(12,13)14/h9H,1-8H2. The number of alkyl halides is 4. The Balaban J connectivity index is 2.16. The van der Waals surface area contributed by atoms with E-state index in [1.807, 2.05) is 4.90 Å². The molecule has 0 aromatic rings. The number of rotatable bonds is 5. The number of nitrogens with zero attached hydrogens (tertiary/aromatic N) is 1. The summed E-state index contributed by atoms with van der Waals surface area (Å²) < 4.78 is 39.0. The fourth-order valence-electron chi connectivity index (χ4n) is 2.03. The lowest BCUT2D eigenvalue weighted by atomic mass is 9.96. The lowest BCUT2D eigenvalue weighted by Gasteiger charge is -2.32. The number of hydrogen-bond acceptors (Lipinski definition) is 2. The van der Waals surface area contributed by atoms with Crippen LogP contribution in [0.5, 0.6) is 0 Å². The van der Waals surface area contributed by atoms with Crippen molar-refractivity contribution >= 4 is 11.6 Å². The molecule has 1 saturated heterocycles. The molecule has 96 valence electrons. The van der Waals surface area contributed by atoms with Gasteiger partial charge in [0.05, 0.1) is 6.61 Å². The van der Waals surface area contributed by atoms with E-state index in [4.69, 9.17) is 11.6 Å². The largest absolute Gasteiger partial charge is 0.522 e. The summed E-state index contributed by atoms with van der Waals surface area (Å²) in [6.45, 7) is 1.77. The van der Waals surface area contributed by atoms with Gasteiger partial charge in [-0.1, -0.05) is 0 Å². The first-order valence-electron chi connectivity index (χ1n) is 5.50. The van der Waals surface area contributed by atoms with Crippen LogP contribution in [0.2, 0.25) is 0 Å². The minimum absolute atomic E-state index is 0.281. The van der Waals surface area contributed by atoms with Crippen molar-refractivity contribution in [3.8, 4) is 0 Å². The highest BCUT2D eigenvalue weighted by molar-refractivity contribution is 6.17. The summed E-state index contributed by atoms with van der Waals surface area (Å²) >= 11 is 5.65. The van der Waals surface area contributed by atoms with Gasteiger partial charge in [-0.25, -0.2) is 0 Å². The van der Waals surface area contributed by atoms with E-state index in [9.17, 15) is 13.2 Å². The molecule has 0 spiro atoms. The Morgan fingerprint density at radius 2 is 2.12 bits per heavy atom. The number of hydrogen-bond donors (Lipinski definition) is 0. The number of halogens is 4. The Bertz CT molecular complexity index is 199. The number of likely N-dealkylation sites (tertiary alicyclic amines) is 1. The Morgan fingerprint density at radius 1 is 1.38 bits per heavy atom. The van der Waals surface area contributed by atoms with Gasteiger partial charge >= 0.3 is 6.36 Å². The van der Waals surface area contributed by atoms with Gasteiger partial charge in [-0.2, -0.15) is 0 Å². The van der Waals surface area contributed by atoms with Crippen LogP contribution in [0.3, 0.4) is 0 Å². The first kappa shape index (κ1) is 14.1. The number of piperidine rings is 1. The van der Waals surface area contributed by atoms with E-state index < -0.39 is 6.36 Å². The third kappa shape index (κ3) is 5.92. The van der Waals surface area contributed by atoms with Crippen molar-refractivity contribution in [2.24, 2.45) is 5.92 Å². The highest BCUT2D eigenvalue weighted by Crippen LogP contribution is 2.20. The summed E-state index contributed by atoms with van der Waals surface area (Å²) in [5, 5.41) is 0. The predicted octanol–water partition coefficient (Wildman–Crippen LogP) is 2.86. The molecule has 1 rings (SSSR count). The normalized spacial score (nSPS) is 23.6. The molecule has 1 aliphatic heterocycles. The van der Waals surface area contributed by atoms with Crippen LogP contribution in [0.1, 0.15) is 19.3 Å². The van der Waals surface area contributed by atoms with Crippen molar-refractivity contribution in [2.45, 2.75) is 25.6 Å². The molecule has 0 aromatic carbocycles. The Kier molecular flexibility index (Phi) is 5.86. The van der Waals surface area contributed by atoms with E-state index in [1.165, 1.54) is 0 Å². The minimum Gasteiger partial charge on any atom is -0.301 e. The molecule has 0 aliphatic carbocycles. The Labute approximate surface area is 98.7 Å². The molecular formula is C10H17ClF3NO. The summed E-state index contributed by atoms with van der Waals surface area (Å²) in [6.07, 6.45) is -1.40. The highest BCUT2D eigenvalue weighted by atomic mass is 35.5. The predicted molar refractivity (Wildman–Crippen MR) is 56.5 cm³/mol. The number of ether oxygens (including phenoxy) is 1. The summed E-state index contributed by atoms with van der Waals surface area (Å²) in [7, 11) is 0. The maximum atomic E-state index is 11.7. The van der Waals surface area contributed by atoms with Gasteiger partial charge in [0.25, 0.3) is 0 Å². The molecule has 1 fully saturated rings. The zero-order chi connectivity index (χ0) is 12.0. The van der Waals surface area contributed by atoms with Gasteiger partial charge in [0.1, 0.15) is 0 Å². The van der Waals surface area contributed by atoms with Crippen LogP contribution in [-0.4, -0.2) is 43.4 Å². The van der Waals surface area contributed by atoms with Crippen LogP contribution in [-0.2, 0) is 4.74 Å². The molecule has 0 N–H and O–H groups in total. The van der Waals surface area contributed by atoms with Gasteiger partial charge in [-0.05, 0) is 31.7 Å². The average molecular weight is 260 g/mol. The van der Waals surface area contributed by atoms with Crippen molar-refractivity contribution in [3.05, 3.63) is 0 Å². The molecule has 6 heteroatoms. The molecular weight excluding hydrogens is 243 g/mol. The summed E-state index contributed by atoms with van der Waals surface area (Å²) in [6, 6.07) is 0. The first-order valence-corrected chi connectivity index (χ1v) is 6.03. The SMILES string of the molecule is FC(F)(F)OCCN1CCCC(CCCl)C1. The van der Waals surface area contributed by atoms with Gasteiger partial charge in [0.2, 0.25) is 0 Å². The van der Waals surface area contributed by atoms with Gasteiger partial charge in [-0.3, -0.25) is 4.74 Å². The van der Waals surface area contributed by atoms with Gasteiger partial charge in [0.15, 0.2) is 0 Å². The monoisotopic (exact) mass is 259 g/mol. The molecule has 0 amide bonds. The molecule has 0 radical (unpaired) electrons. The molecule has 0 aromatic heterocycles. The fraction of sp³-hybridized carbons (Fsp3) is 1.00. The van der Waals surface area contributed by atoms with E-state index in [0.29, 0.717) is 18.3 Å². The van der Waals surface area contributed by atoms with Crippen LogP contribution >= 0.6 is 11.6 Å². The van der Waals surface area contributed by atoms with Gasteiger partial charge in [-0.15, -0.1) is 24.8 Å². The smallest absolute Gasteiger partial charge is 0.301 e. The molecule has 1 aliphatic rings. The van der Waals surface area contributed by atoms with Crippen molar-refractivity contribution in [2.75, 3.05) is 32.1 Å². The van der Waals surface area contributed by atoms with Crippen LogP contribution in [0.25, 0.3) is 0 Å². The third-order valence-electron chi connectivity index (χ3n) is 2.79. The second-order valence-corrected chi connectivity index (χ2v) is 4.46. The summed E-state index contributed by atoms with van der Waals surface area (Å²) in [4.78, 5) is 2.02. The van der Waals surface area contributed by atoms with Crippen molar-refractivity contribution in [3.63, 3.8) is 0 Å². The van der Waals surface area contributed by atoms with E-state index >= 15 is 0 Å². The fourth-order valence-corrected chi connectivity index (χ4v) is 2.34. The second-order valence-electron chi connectivity index (χ2n) is 4.08. The summed E-state index contributed by atoms with van der Waals surface area (Å²) in [5.74, 6) is 1.15. The topological polar surface area (TPSA) is 12.5 Å². The minimum atomic E-state index is -4.51. The molecule has 2 nitrogen and oxygen atoms in total. The lowest BCUT2D eigenvalue weighted by Crippen LogP contribution is -2.38. The van der Waals surface area contributed by atoms with Gasteiger partial charge in [0, 0.05) is 19.0 Å². The Morgan fingerprint density at radius 3 is 2.75 bits per heavy atom. The van der Waals surface area contributed by atoms with Crippen LogP contribution in [0.4, 0.5) is 13.2 Å². The zero-order valence-electron chi connectivity index (χ0n) is 9.10. The third-order valence-corrected chi connectivity index (χ3v) is 3.01. The second kappa shape index (κ2) is 6.67. The molecule has 1 unspecified atom stereocenters. The van der Waals surface area contributed by atoms with Gasteiger partial charge < -0.3 is 4.90 Å². The molecule has 1 atom stereocenters. The average Bonchev–Trinajstić information content (AvgIpc) is 2.17. The highest BCUT2D eigenvalue weighted by Gasteiger charge is 2.29. The van der Waals surface area contributed by atoms with E-state index in [2.05, 4.69) is 4.74 Å². The van der Waals surface area contributed by atoms with Crippen molar-refractivity contribution < 1.29 is 17.9 Å². The molecule has 0 saturated carbocycles. The first-order chi connectivity index (χ1) is 7.51. The van der Waals surface area contributed by atoms with Crippen LogP contribution in [0.15, 0.2) is 0 Å². The van der Waals surface area contributed by atoms with Crippen LogP contribution in [0, 0.1) is 5.92 Å². The Hall–Kier alpha value is 0.